The van der Waals surface area contributed by atoms with Gasteiger partial charge in [-0.1, -0.05) is 25.1 Å². The molecule has 26 heavy (non-hydrogen) atoms. The molecule has 7 nitrogen and oxygen atoms in total. The highest BCUT2D eigenvalue weighted by atomic mass is 19.4. The average Bonchev–Trinajstić information content (AvgIpc) is 3.03. The normalized spacial score (nSPS) is 12.8. The van der Waals surface area contributed by atoms with Crippen LogP contribution in [0.15, 0.2) is 30.5 Å². The number of nitrogens with one attached hydrogen (secondary N) is 1. The van der Waals surface area contributed by atoms with Crippen molar-refractivity contribution in [1.82, 2.24) is 20.3 Å². The third-order valence-electron chi connectivity index (χ3n) is 3.47. The van der Waals surface area contributed by atoms with E-state index in [0.29, 0.717) is 0 Å². The van der Waals surface area contributed by atoms with Crippen molar-refractivity contribution < 1.29 is 27.9 Å². The van der Waals surface area contributed by atoms with Gasteiger partial charge in [0.05, 0.1) is 17.4 Å². The number of rotatable bonds is 6. The Morgan fingerprint density at radius 3 is 2.58 bits per heavy atom. The highest BCUT2D eigenvalue weighted by molar-refractivity contribution is 5.94. The van der Waals surface area contributed by atoms with E-state index in [4.69, 9.17) is 5.11 Å². The van der Waals surface area contributed by atoms with Gasteiger partial charge in [-0.2, -0.15) is 13.2 Å². The Morgan fingerprint density at radius 2 is 2.00 bits per heavy atom. The molecule has 1 amide bonds. The quantitative estimate of drug-likeness (QED) is 0.814. The summed E-state index contributed by atoms with van der Waals surface area (Å²) in [6.07, 6.45) is -3.15. The van der Waals surface area contributed by atoms with Gasteiger partial charge in [0.1, 0.15) is 6.04 Å². The Balaban J connectivity index is 2.19. The van der Waals surface area contributed by atoms with Crippen LogP contribution in [-0.4, -0.2) is 38.0 Å². The van der Waals surface area contributed by atoms with E-state index in [9.17, 15) is 22.8 Å². The van der Waals surface area contributed by atoms with Crippen LogP contribution in [0.4, 0.5) is 13.2 Å². The average molecular weight is 370 g/mol. The highest BCUT2D eigenvalue weighted by Gasteiger charge is 2.30. The molecule has 0 spiro atoms. The van der Waals surface area contributed by atoms with E-state index in [-0.39, 0.29) is 23.7 Å². The summed E-state index contributed by atoms with van der Waals surface area (Å²) in [6.45, 7) is 3.62. The van der Waals surface area contributed by atoms with Crippen LogP contribution in [0, 0.1) is 5.92 Å². The number of hydrogen-bond donors (Lipinski definition) is 2. The lowest BCUT2D eigenvalue weighted by Gasteiger charge is -2.15. The number of carbonyl (C=O) groups is 2. The SMILES string of the molecule is CC(C)C[C@H](NC(=O)c1cn(-c2cccc(C(F)(F)F)c2)nn1)C(=O)O. The van der Waals surface area contributed by atoms with Crippen LogP contribution in [0.1, 0.15) is 36.3 Å². The second-order valence-electron chi connectivity index (χ2n) is 6.09. The third kappa shape index (κ3) is 4.80. The topological polar surface area (TPSA) is 97.1 Å². The minimum Gasteiger partial charge on any atom is -0.480 e. The van der Waals surface area contributed by atoms with Crippen molar-refractivity contribution in [1.29, 1.82) is 0 Å². The van der Waals surface area contributed by atoms with Gasteiger partial charge < -0.3 is 10.4 Å². The van der Waals surface area contributed by atoms with E-state index in [2.05, 4.69) is 15.6 Å². The molecule has 0 aliphatic carbocycles. The van der Waals surface area contributed by atoms with Crippen LogP contribution >= 0.6 is 0 Å². The van der Waals surface area contributed by atoms with Gasteiger partial charge in [-0.25, -0.2) is 9.48 Å². The molecule has 1 heterocycles. The number of amides is 1. The lowest BCUT2D eigenvalue weighted by atomic mass is 10.0. The number of alkyl halides is 3. The lowest BCUT2D eigenvalue weighted by molar-refractivity contribution is -0.140. The smallest absolute Gasteiger partial charge is 0.416 e. The largest absolute Gasteiger partial charge is 0.480 e. The maximum absolute atomic E-state index is 12.8. The van der Waals surface area contributed by atoms with Crippen LogP contribution in [0.5, 0.6) is 0 Å². The van der Waals surface area contributed by atoms with E-state index in [0.717, 1.165) is 23.0 Å². The Hall–Kier alpha value is -2.91. The number of aromatic nitrogens is 3. The minimum absolute atomic E-state index is 0.0391. The summed E-state index contributed by atoms with van der Waals surface area (Å²) in [5.74, 6) is -1.91. The highest BCUT2D eigenvalue weighted by Crippen LogP contribution is 2.30. The molecule has 0 saturated heterocycles. The van der Waals surface area contributed by atoms with Gasteiger partial charge in [-0.3, -0.25) is 4.79 Å². The number of carbonyl (C=O) groups excluding carboxylic acids is 1. The fourth-order valence-electron chi connectivity index (χ4n) is 2.24. The molecule has 1 atom stereocenters. The van der Waals surface area contributed by atoms with Gasteiger partial charge >= 0.3 is 12.1 Å². The summed E-state index contributed by atoms with van der Waals surface area (Å²) >= 11 is 0. The van der Waals surface area contributed by atoms with Crippen molar-refractivity contribution >= 4 is 11.9 Å². The number of nitrogens with zero attached hydrogens (tertiary/aromatic N) is 3. The molecule has 0 aliphatic rings. The molecule has 2 N–H and O–H groups in total. The van der Waals surface area contributed by atoms with Crippen LogP contribution in [0.25, 0.3) is 5.69 Å². The zero-order valence-electron chi connectivity index (χ0n) is 14.0. The molecule has 0 aliphatic heterocycles. The summed E-state index contributed by atoms with van der Waals surface area (Å²) in [6, 6.07) is 3.28. The predicted octanol–water partition coefficient (Wildman–Crippen LogP) is 2.52. The standard InChI is InChI=1S/C16H17F3N4O3/c1-9(2)6-12(15(25)26)20-14(24)13-8-23(22-21-13)11-5-3-4-10(7-11)16(17,18)19/h3-5,7-9,12H,6H2,1-2H3,(H,20,24)(H,25,26)/t12-/m0/s1. The van der Waals surface area contributed by atoms with Crippen molar-refractivity contribution in [2.24, 2.45) is 5.92 Å². The molecule has 2 aromatic rings. The van der Waals surface area contributed by atoms with E-state index in [1.807, 2.05) is 13.8 Å². The number of halogens is 3. The fraction of sp³-hybridized carbons (Fsp3) is 0.375. The zero-order chi connectivity index (χ0) is 19.5. The number of carboxylic acid groups (broad SMARTS) is 1. The molecule has 0 saturated carbocycles. The lowest BCUT2D eigenvalue weighted by Crippen LogP contribution is -2.41. The van der Waals surface area contributed by atoms with Crippen molar-refractivity contribution in [3.05, 3.63) is 41.7 Å². The van der Waals surface area contributed by atoms with Gasteiger partial charge in [-0.15, -0.1) is 5.10 Å². The third-order valence-corrected chi connectivity index (χ3v) is 3.47. The first kappa shape index (κ1) is 19.4. The van der Waals surface area contributed by atoms with Crippen molar-refractivity contribution in [2.75, 3.05) is 0 Å². The first-order chi connectivity index (χ1) is 12.1. The Morgan fingerprint density at radius 1 is 1.31 bits per heavy atom. The molecular formula is C16H17F3N4O3. The van der Waals surface area contributed by atoms with Gasteiger partial charge in [0.25, 0.3) is 5.91 Å². The first-order valence-electron chi connectivity index (χ1n) is 7.71. The van der Waals surface area contributed by atoms with E-state index in [1.54, 1.807) is 0 Å². The monoisotopic (exact) mass is 370 g/mol. The van der Waals surface area contributed by atoms with Gasteiger partial charge in [0, 0.05) is 0 Å². The molecule has 1 aromatic carbocycles. The first-order valence-corrected chi connectivity index (χ1v) is 7.71. The van der Waals surface area contributed by atoms with Crippen molar-refractivity contribution in [3.63, 3.8) is 0 Å². The van der Waals surface area contributed by atoms with Crippen LogP contribution < -0.4 is 5.32 Å². The molecule has 2 rings (SSSR count). The predicted molar refractivity (Wildman–Crippen MR) is 84.7 cm³/mol. The Bertz CT molecular complexity index is 802. The Kier molecular flexibility index (Phi) is 5.63. The fourth-order valence-corrected chi connectivity index (χ4v) is 2.24. The maximum Gasteiger partial charge on any atom is 0.416 e. The summed E-state index contributed by atoms with van der Waals surface area (Å²) in [5.41, 5.74) is -0.986. The Labute approximate surface area is 146 Å². The number of benzene rings is 1. The molecule has 10 heteroatoms. The van der Waals surface area contributed by atoms with Gasteiger partial charge in [-0.05, 0) is 30.5 Å². The van der Waals surface area contributed by atoms with Crippen molar-refractivity contribution in [3.8, 4) is 5.69 Å². The summed E-state index contributed by atoms with van der Waals surface area (Å²) in [4.78, 5) is 23.3. The van der Waals surface area contributed by atoms with Crippen molar-refractivity contribution in [2.45, 2.75) is 32.5 Å². The number of carboxylic acids is 1. The molecule has 1 aromatic heterocycles. The van der Waals surface area contributed by atoms with Gasteiger partial charge in [0.15, 0.2) is 5.69 Å². The molecule has 0 radical (unpaired) electrons. The van der Waals surface area contributed by atoms with Crippen LogP contribution in [0.2, 0.25) is 0 Å². The van der Waals surface area contributed by atoms with Crippen LogP contribution in [-0.2, 0) is 11.0 Å². The summed E-state index contributed by atoms with van der Waals surface area (Å²) in [7, 11) is 0. The van der Waals surface area contributed by atoms with E-state index >= 15 is 0 Å². The summed E-state index contributed by atoms with van der Waals surface area (Å²) in [5, 5.41) is 18.7. The number of aliphatic carboxylic acids is 1. The second-order valence-corrected chi connectivity index (χ2v) is 6.09. The van der Waals surface area contributed by atoms with E-state index in [1.165, 1.54) is 12.1 Å². The molecule has 0 bridgehead atoms. The maximum atomic E-state index is 12.8. The number of hydrogen-bond acceptors (Lipinski definition) is 4. The molecule has 0 unspecified atom stereocenters. The van der Waals surface area contributed by atoms with E-state index < -0.39 is 29.7 Å². The molecule has 140 valence electrons. The molecular weight excluding hydrogens is 353 g/mol. The molecule has 0 fully saturated rings. The second kappa shape index (κ2) is 7.54. The zero-order valence-corrected chi connectivity index (χ0v) is 14.0. The summed E-state index contributed by atoms with van der Waals surface area (Å²) < 4.78 is 39.3. The van der Waals surface area contributed by atoms with Crippen LogP contribution in [0.3, 0.4) is 0 Å². The van der Waals surface area contributed by atoms with Gasteiger partial charge in [0.2, 0.25) is 0 Å². The minimum atomic E-state index is -4.51.